The van der Waals surface area contributed by atoms with E-state index in [1.54, 1.807) is 18.2 Å². The molecule has 0 aromatic heterocycles. The van der Waals surface area contributed by atoms with E-state index < -0.39 is 0 Å². The van der Waals surface area contributed by atoms with Gasteiger partial charge in [-0.25, -0.2) is 4.39 Å². The van der Waals surface area contributed by atoms with Crippen molar-refractivity contribution in [3.05, 3.63) is 39.1 Å². The lowest BCUT2D eigenvalue weighted by Crippen LogP contribution is -2.14. The molecule has 1 N–H and O–H groups in total. The maximum Gasteiger partial charge on any atom is 0.150 e. The fourth-order valence-corrected chi connectivity index (χ4v) is 1.85. The van der Waals surface area contributed by atoms with Gasteiger partial charge in [-0.3, -0.25) is 0 Å². The summed E-state index contributed by atoms with van der Waals surface area (Å²) in [6.07, 6.45) is 5.72. The second kappa shape index (κ2) is 7.85. The van der Waals surface area contributed by atoms with Crippen LogP contribution in [0.1, 0.15) is 25.3 Å². The minimum absolute atomic E-state index is 0.135. The van der Waals surface area contributed by atoms with Gasteiger partial charge < -0.3 is 5.32 Å². The third kappa shape index (κ3) is 4.78. The van der Waals surface area contributed by atoms with E-state index in [-0.39, 0.29) is 10.8 Å². The van der Waals surface area contributed by atoms with Gasteiger partial charge >= 0.3 is 0 Å². The van der Waals surface area contributed by atoms with Crippen LogP contribution < -0.4 is 5.32 Å². The Bertz CT molecular complexity index is 393. The number of hydrogen-bond donors (Lipinski definition) is 1. The first-order valence-corrected chi connectivity index (χ1v) is 6.84. The smallest absolute Gasteiger partial charge is 0.150 e. The van der Waals surface area contributed by atoms with Crippen LogP contribution in [0.15, 0.2) is 22.7 Å². The van der Waals surface area contributed by atoms with E-state index in [1.165, 1.54) is 0 Å². The van der Waals surface area contributed by atoms with Crippen LogP contribution in [0.25, 0.3) is 6.08 Å². The van der Waals surface area contributed by atoms with Gasteiger partial charge in [0.1, 0.15) is 5.82 Å². The zero-order chi connectivity index (χ0) is 12.7. The van der Waals surface area contributed by atoms with E-state index >= 15 is 0 Å². The van der Waals surface area contributed by atoms with Crippen LogP contribution in [-0.2, 0) is 0 Å². The molecule has 0 radical (unpaired) electrons. The summed E-state index contributed by atoms with van der Waals surface area (Å²) in [5.74, 6) is -0.376. The molecule has 17 heavy (non-hydrogen) atoms. The highest BCUT2D eigenvalue weighted by molar-refractivity contribution is 9.10. The maximum atomic E-state index is 13.7. The fourth-order valence-electron chi connectivity index (χ4n) is 1.37. The monoisotopic (exact) mass is 319 g/mol. The highest BCUT2D eigenvalue weighted by Gasteiger charge is 2.07. The topological polar surface area (TPSA) is 12.0 Å². The summed E-state index contributed by atoms with van der Waals surface area (Å²) in [7, 11) is 0. The molecule has 0 aliphatic carbocycles. The molecule has 0 heterocycles. The first kappa shape index (κ1) is 14.7. The number of halogens is 3. The summed E-state index contributed by atoms with van der Waals surface area (Å²) in [4.78, 5) is 0. The molecule has 0 amide bonds. The Kier molecular flexibility index (Phi) is 6.78. The Morgan fingerprint density at radius 3 is 2.88 bits per heavy atom. The first-order valence-electron chi connectivity index (χ1n) is 5.67. The van der Waals surface area contributed by atoms with Gasteiger partial charge in [0.05, 0.1) is 5.02 Å². The lowest BCUT2D eigenvalue weighted by molar-refractivity contribution is 0.624. The van der Waals surface area contributed by atoms with Gasteiger partial charge in [-0.2, -0.15) is 0 Å². The van der Waals surface area contributed by atoms with Crippen LogP contribution >= 0.6 is 27.5 Å². The lowest BCUT2D eigenvalue weighted by atomic mass is 10.2. The molecule has 0 spiro atoms. The third-order valence-corrected chi connectivity index (χ3v) is 3.54. The van der Waals surface area contributed by atoms with E-state index in [1.807, 2.05) is 6.08 Å². The van der Waals surface area contributed by atoms with Gasteiger partial charge in [-0.05, 0) is 47.9 Å². The maximum absolute atomic E-state index is 13.7. The van der Waals surface area contributed by atoms with E-state index in [0.29, 0.717) is 10.0 Å². The van der Waals surface area contributed by atoms with Gasteiger partial charge in [0.25, 0.3) is 0 Å². The van der Waals surface area contributed by atoms with Crippen LogP contribution in [0.5, 0.6) is 0 Å². The number of hydrogen-bond acceptors (Lipinski definition) is 1. The van der Waals surface area contributed by atoms with Gasteiger partial charge in [0, 0.05) is 10.0 Å². The second-order valence-corrected chi connectivity index (χ2v) is 4.94. The largest absolute Gasteiger partial charge is 0.316 e. The number of benzene rings is 1. The van der Waals surface area contributed by atoms with E-state index in [9.17, 15) is 4.39 Å². The molecule has 4 heteroatoms. The molecule has 0 fully saturated rings. The molecule has 0 atom stereocenters. The number of rotatable bonds is 6. The van der Waals surface area contributed by atoms with Crippen LogP contribution in [0.3, 0.4) is 0 Å². The van der Waals surface area contributed by atoms with Crippen molar-refractivity contribution in [2.24, 2.45) is 0 Å². The van der Waals surface area contributed by atoms with E-state index in [0.717, 1.165) is 25.9 Å². The standard InChI is InChI=1S/C13H16BrClFN/c1-2-8-17-9-4-3-5-10-6-7-11(14)12(15)13(10)16/h3,5-7,17H,2,4,8-9H2,1H3/b5-3+. The van der Waals surface area contributed by atoms with E-state index in [2.05, 4.69) is 28.2 Å². The quantitative estimate of drug-likeness (QED) is 0.594. The molecule has 1 nitrogen and oxygen atoms in total. The molecule has 0 unspecified atom stereocenters. The summed E-state index contributed by atoms with van der Waals surface area (Å²) in [5, 5.41) is 3.41. The summed E-state index contributed by atoms with van der Waals surface area (Å²) >= 11 is 8.98. The zero-order valence-electron chi connectivity index (χ0n) is 9.77. The van der Waals surface area contributed by atoms with Crippen molar-refractivity contribution in [1.82, 2.24) is 5.32 Å². The zero-order valence-corrected chi connectivity index (χ0v) is 12.1. The molecular formula is C13H16BrClFN. The molecule has 0 saturated carbocycles. The van der Waals surface area contributed by atoms with Crippen LogP contribution in [0.2, 0.25) is 5.02 Å². The molecule has 1 aromatic carbocycles. The minimum Gasteiger partial charge on any atom is -0.316 e. The molecule has 0 aliphatic rings. The van der Waals surface area contributed by atoms with Crippen molar-refractivity contribution in [1.29, 1.82) is 0 Å². The van der Waals surface area contributed by atoms with Gasteiger partial charge in [-0.1, -0.05) is 36.7 Å². The third-order valence-electron chi connectivity index (χ3n) is 2.28. The molecule has 1 rings (SSSR count). The van der Waals surface area contributed by atoms with Gasteiger partial charge in [-0.15, -0.1) is 0 Å². The van der Waals surface area contributed by atoms with Gasteiger partial charge in [0.2, 0.25) is 0 Å². The van der Waals surface area contributed by atoms with Crippen molar-refractivity contribution in [2.45, 2.75) is 19.8 Å². The van der Waals surface area contributed by atoms with Gasteiger partial charge in [0.15, 0.2) is 0 Å². The molecule has 0 bridgehead atoms. The molecular weight excluding hydrogens is 305 g/mol. The second-order valence-electron chi connectivity index (χ2n) is 3.71. The highest BCUT2D eigenvalue weighted by Crippen LogP contribution is 2.28. The molecule has 0 saturated heterocycles. The normalized spacial score (nSPS) is 11.3. The van der Waals surface area contributed by atoms with Crippen LogP contribution in [0, 0.1) is 5.82 Å². The average molecular weight is 321 g/mol. The van der Waals surface area contributed by atoms with Crippen molar-refractivity contribution in [3.8, 4) is 0 Å². The summed E-state index contributed by atoms with van der Waals surface area (Å²) in [6.45, 7) is 4.06. The summed E-state index contributed by atoms with van der Waals surface area (Å²) in [6, 6.07) is 3.46. The minimum atomic E-state index is -0.376. The summed E-state index contributed by atoms with van der Waals surface area (Å²) in [5.41, 5.74) is 0.522. The van der Waals surface area contributed by atoms with Crippen molar-refractivity contribution < 1.29 is 4.39 Å². The Hall–Kier alpha value is -0.380. The number of nitrogens with one attached hydrogen (secondary N) is 1. The highest BCUT2D eigenvalue weighted by atomic mass is 79.9. The summed E-state index contributed by atoms with van der Waals surface area (Å²) < 4.78 is 14.2. The Morgan fingerprint density at radius 1 is 1.41 bits per heavy atom. The predicted octanol–water partition coefficient (Wildman–Crippen LogP) is 4.64. The molecule has 0 aliphatic heterocycles. The van der Waals surface area contributed by atoms with Crippen LogP contribution in [-0.4, -0.2) is 13.1 Å². The van der Waals surface area contributed by atoms with Crippen LogP contribution in [0.4, 0.5) is 4.39 Å². The molecule has 94 valence electrons. The van der Waals surface area contributed by atoms with E-state index in [4.69, 9.17) is 11.6 Å². The lowest BCUT2D eigenvalue weighted by Gasteiger charge is -2.02. The Balaban J connectivity index is 2.51. The predicted molar refractivity (Wildman–Crippen MR) is 75.9 cm³/mol. The fraction of sp³-hybridized carbons (Fsp3) is 0.385. The Labute approximate surface area is 115 Å². The van der Waals surface area contributed by atoms with Crippen molar-refractivity contribution in [2.75, 3.05) is 13.1 Å². The first-order chi connectivity index (χ1) is 8.16. The Morgan fingerprint density at radius 2 is 2.18 bits per heavy atom. The molecule has 1 aromatic rings. The van der Waals surface area contributed by atoms with Crippen molar-refractivity contribution in [3.63, 3.8) is 0 Å². The van der Waals surface area contributed by atoms with Crippen molar-refractivity contribution >= 4 is 33.6 Å². The SMILES string of the molecule is CCCNCC/C=C/c1ccc(Br)c(Cl)c1F. The average Bonchev–Trinajstić information content (AvgIpc) is 2.33.